The summed E-state index contributed by atoms with van der Waals surface area (Å²) in [5, 5.41) is 5.53. The molecule has 1 aliphatic rings. The summed E-state index contributed by atoms with van der Waals surface area (Å²) in [5.74, 6) is -0.954. The molecule has 6 heteroatoms. The molecule has 1 aliphatic heterocycles. The molecule has 1 amide bonds. The van der Waals surface area contributed by atoms with Gasteiger partial charge >= 0.3 is 5.97 Å². The van der Waals surface area contributed by atoms with Crippen LogP contribution in [0.3, 0.4) is 0 Å². The molecular formula is C24H27N3O3. The summed E-state index contributed by atoms with van der Waals surface area (Å²) in [6.07, 6.45) is 1.72. The third kappa shape index (κ3) is 4.27. The Morgan fingerprint density at radius 3 is 2.40 bits per heavy atom. The number of hydrogen-bond acceptors (Lipinski definition) is 5. The van der Waals surface area contributed by atoms with Crippen LogP contribution in [0.2, 0.25) is 0 Å². The van der Waals surface area contributed by atoms with Gasteiger partial charge in [0.05, 0.1) is 17.9 Å². The van der Waals surface area contributed by atoms with Crippen LogP contribution in [0.4, 0.5) is 11.4 Å². The molecule has 2 aromatic carbocycles. The molecular weight excluding hydrogens is 378 g/mol. The highest BCUT2D eigenvalue weighted by atomic mass is 16.5. The van der Waals surface area contributed by atoms with Crippen LogP contribution in [0, 0.1) is 6.92 Å². The summed E-state index contributed by atoms with van der Waals surface area (Å²) in [5.41, 5.74) is 3.86. The van der Waals surface area contributed by atoms with E-state index in [4.69, 9.17) is 4.74 Å². The van der Waals surface area contributed by atoms with Crippen molar-refractivity contribution < 1.29 is 14.3 Å². The third-order valence-corrected chi connectivity index (χ3v) is 5.03. The Labute approximate surface area is 177 Å². The lowest BCUT2D eigenvalue weighted by Crippen LogP contribution is -2.23. The van der Waals surface area contributed by atoms with Crippen LogP contribution in [-0.4, -0.2) is 37.3 Å². The zero-order chi connectivity index (χ0) is 21.7. The Morgan fingerprint density at radius 2 is 1.80 bits per heavy atom. The molecule has 156 valence electrons. The Balaban J connectivity index is 2.02. The van der Waals surface area contributed by atoms with Crippen LogP contribution >= 0.6 is 0 Å². The van der Waals surface area contributed by atoms with Gasteiger partial charge in [-0.15, -0.1) is 0 Å². The van der Waals surface area contributed by atoms with Crippen LogP contribution in [0.15, 0.2) is 59.2 Å². The van der Waals surface area contributed by atoms with Gasteiger partial charge in [-0.2, -0.15) is 10.1 Å². The molecule has 3 rings (SSSR count). The standard InChI is InChI=1S/C24H27N3O3/c1-5-26(6-2)20-14-13-18(17(4)15-20)16-21-22(24(29)30-7-3)25-27(23(21)28)19-11-9-8-10-12-19/h8-16H,5-7H2,1-4H3/b21-16-. The molecule has 0 atom stereocenters. The molecule has 0 unspecified atom stereocenters. The second-order valence-electron chi connectivity index (χ2n) is 6.89. The molecule has 6 nitrogen and oxygen atoms in total. The quantitative estimate of drug-likeness (QED) is 0.512. The molecule has 0 saturated heterocycles. The van der Waals surface area contributed by atoms with Gasteiger partial charge in [-0.25, -0.2) is 4.79 Å². The first-order valence-corrected chi connectivity index (χ1v) is 10.2. The maximum Gasteiger partial charge on any atom is 0.359 e. The van der Waals surface area contributed by atoms with Gasteiger partial charge in [0.2, 0.25) is 0 Å². The van der Waals surface area contributed by atoms with Crippen LogP contribution in [0.1, 0.15) is 31.9 Å². The van der Waals surface area contributed by atoms with E-state index in [1.165, 1.54) is 5.01 Å². The number of para-hydroxylation sites is 1. The normalized spacial score (nSPS) is 14.8. The number of aryl methyl sites for hydroxylation is 1. The van der Waals surface area contributed by atoms with Gasteiger partial charge in [-0.3, -0.25) is 4.79 Å². The van der Waals surface area contributed by atoms with Crippen molar-refractivity contribution in [2.75, 3.05) is 29.6 Å². The smallest absolute Gasteiger partial charge is 0.359 e. The van der Waals surface area contributed by atoms with Gasteiger partial charge in [0.25, 0.3) is 5.91 Å². The maximum absolute atomic E-state index is 13.1. The molecule has 0 bridgehead atoms. The number of esters is 1. The fraction of sp³-hybridized carbons (Fsp3) is 0.292. The van der Waals surface area contributed by atoms with Crippen LogP contribution in [0.25, 0.3) is 6.08 Å². The van der Waals surface area contributed by atoms with Crippen molar-refractivity contribution in [3.63, 3.8) is 0 Å². The molecule has 2 aromatic rings. The van der Waals surface area contributed by atoms with Crippen molar-refractivity contribution in [1.82, 2.24) is 0 Å². The highest BCUT2D eigenvalue weighted by molar-refractivity contribution is 6.54. The van der Waals surface area contributed by atoms with Gasteiger partial charge in [-0.05, 0) is 69.2 Å². The fourth-order valence-electron chi connectivity index (χ4n) is 3.40. The van der Waals surface area contributed by atoms with Crippen molar-refractivity contribution in [3.8, 4) is 0 Å². The summed E-state index contributed by atoms with van der Waals surface area (Å²) >= 11 is 0. The Bertz CT molecular complexity index is 992. The zero-order valence-electron chi connectivity index (χ0n) is 17.9. The van der Waals surface area contributed by atoms with E-state index < -0.39 is 5.97 Å². The summed E-state index contributed by atoms with van der Waals surface area (Å²) in [6, 6.07) is 15.1. The average molecular weight is 405 g/mol. The first-order valence-electron chi connectivity index (χ1n) is 10.2. The number of rotatable bonds is 7. The number of anilines is 2. The van der Waals surface area contributed by atoms with E-state index in [9.17, 15) is 9.59 Å². The lowest BCUT2D eigenvalue weighted by Gasteiger charge is -2.22. The SMILES string of the molecule is CCOC(=O)C1=NN(c2ccccc2)C(=O)/C1=C\c1ccc(N(CC)CC)cc1C. The number of hydrazone groups is 1. The molecule has 0 fully saturated rings. The number of nitrogens with zero attached hydrogens (tertiary/aromatic N) is 3. The minimum atomic E-state index is -0.604. The summed E-state index contributed by atoms with van der Waals surface area (Å²) in [6.45, 7) is 10.0. The molecule has 0 spiro atoms. The second-order valence-corrected chi connectivity index (χ2v) is 6.89. The first-order chi connectivity index (χ1) is 14.5. The van der Waals surface area contributed by atoms with Gasteiger partial charge in [0, 0.05) is 18.8 Å². The monoisotopic (exact) mass is 405 g/mol. The van der Waals surface area contributed by atoms with Gasteiger partial charge in [-0.1, -0.05) is 24.3 Å². The zero-order valence-corrected chi connectivity index (χ0v) is 17.9. The number of ether oxygens (including phenoxy) is 1. The Hall–Kier alpha value is -3.41. The van der Waals surface area contributed by atoms with Gasteiger partial charge < -0.3 is 9.64 Å². The summed E-state index contributed by atoms with van der Waals surface area (Å²) in [4.78, 5) is 27.9. The summed E-state index contributed by atoms with van der Waals surface area (Å²) in [7, 11) is 0. The average Bonchev–Trinajstić information content (AvgIpc) is 3.08. The van der Waals surface area contributed by atoms with Crippen LogP contribution in [0.5, 0.6) is 0 Å². The van der Waals surface area contributed by atoms with Crippen LogP contribution < -0.4 is 9.91 Å². The largest absolute Gasteiger partial charge is 0.461 e. The van der Waals surface area contributed by atoms with E-state index in [1.807, 2.05) is 37.3 Å². The molecule has 0 aliphatic carbocycles. The van der Waals surface area contributed by atoms with Crippen LogP contribution in [-0.2, 0) is 14.3 Å². The van der Waals surface area contributed by atoms with Crippen molar-refractivity contribution >= 4 is 35.0 Å². The topological polar surface area (TPSA) is 62.2 Å². The van der Waals surface area contributed by atoms with E-state index in [2.05, 4.69) is 29.9 Å². The predicted molar refractivity (Wildman–Crippen MR) is 121 cm³/mol. The highest BCUT2D eigenvalue weighted by Crippen LogP contribution is 2.27. The Morgan fingerprint density at radius 1 is 1.10 bits per heavy atom. The minimum absolute atomic E-state index is 0.0259. The number of amides is 1. The van der Waals surface area contributed by atoms with E-state index in [-0.39, 0.29) is 23.8 Å². The fourth-order valence-corrected chi connectivity index (χ4v) is 3.40. The highest BCUT2D eigenvalue weighted by Gasteiger charge is 2.36. The predicted octanol–water partition coefficient (Wildman–Crippen LogP) is 4.19. The lowest BCUT2D eigenvalue weighted by molar-refractivity contribution is -0.135. The molecule has 1 heterocycles. The molecule has 0 aromatic heterocycles. The summed E-state index contributed by atoms with van der Waals surface area (Å²) < 4.78 is 5.14. The number of carbonyl (C=O) groups is 2. The molecule has 0 radical (unpaired) electrons. The van der Waals surface area contributed by atoms with E-state index in [0.717, 1.165) is 29.9 Å². The third-order valence-electron chi connectivity index (χ3n) is 5.03. The van der Waals surface area contributed by atoms with Crippen molar-refractivity contribution in [1.29, 1.82) is 0 Å². The Kier molecular flexibility index (Phi) is 6.67. The number of carbonyl (C=O) groups excluding carboxylic acids is 2. The second kappa shape index (κ2) is 9.39. The van der Waals surface area contributed by atoms with Crippen molar-refractivity contribution in [3.05, 3.63) is 65.2 Å². The van der Waals surface area contributed by atoms with E-state index >= 15 is 0 Å². The van der Waals surface area contributed by atoms with Crippen molar-refractivity contribution in [2.24, 2.45) is 5.10 Å². The van der Waals surface area contributed by atoms with Crippen molar-refractivity contribution in [2.45, 2.75) is 27.7 Å². The van der Waals surface area contributed by atoms with Gasteiger partial charge in [0.1, 0.15) is 0 Å². The minimum Gasteiger partial charge on any atom is -0.461 e. The number of benzene rings is 2. The lowest BCUT2D eigenvalue weighted by atomic mass is 10.0. The van der Waals surface area contributed by atoms with E-state index in [0.29, 0.717) is 5.69 Å². The van der Waals surface area contributed by atoms with E-state index in [1.54, 1.807) is 25.1 Å². The maximum atomic E-state index is 13.1. The van der Waals surface area contributed by atoms with Gasteiger partial charge in [0.15, 0.2) is 5.71 Å². The molecule has 0 saturated carbocycles. The molecule has 30 heavy (non-hydrogen) atoms. The number of hydrogen-bond donors (Lipinski definition) is 0. The first kappa shape index (κ1) is 21.3. The molecule has 0 N–H and O–H groups in total.